The summed E-state index contributed by atoms with van der Waals surface area (Å²) in [4.78, 5) is 22.7. The Balaban J connectivity index is 3.97. The molecule has 0 aliphatic carbocycles. The molecule has 0 rings (SSSR count). The number of rotatable bonds is 4. The molecule has 4 heteroatoms. The SMILES string of the molecule is CC(=O)N(CCC(=O)O)C(C)C. The Bertz CT molecular complexity index is 177. The van der Waals surface area contributed by atoms with Crippen LogP contribution in [0.5, 0.6) is 0 Å². The van der Waals surface area contributed by atoms with E-state index in [0.29, 0.717) is 6.54 Å². The van der Waals surface area contributed by atoms with Gasteiger partial charge in [-0.3, -0.25) is 9.59 Å². The summed E-state index contributed by atoms with van der Waals surface area (Å²) in [7, 11) is 0. The van der Waals surface area contributed by atoms with Crippen LogP contribution in [0.1, 0.15) is 27.2 Å². The van der Waals surface area contributed by atoms with Crippen LogP contribution < -0.4 is 0 Å². The molecular weight excluding hydrogens is 158 g/mol. The molecule has 0 aliphatic heterocycles. The van der Waals surface area contributed by atoms with Crippen LogP contribution in [0.4, 0.5) is 0 Å². The van der Waals surface area contributed by atoms with Gasteiger partial charge in [0.1, 0.15) is 0 Å². The van der Waals surface area contributed by atoms with Crippen LogP contribution >= 0.6 is 0 Å². The number of carbonyl (C=O) groups excluding carboxylic acids is 1. The van der Waals surface area contributed by atoms with Crippen LogP contribution in [0, 0.1) is 0 Å². The Kier molecular flexibility index (Phi) is 4.33. The van der Waals surface area contributed by atoms with E-state index in [9.17, 15) is 9.59 Å². The summed E-state index contributed by atoms with van der Waals surface area (Å²) in [5.41, 5.74) is 0. The fourth-order valence-electron chi connectivity index (χ4n) is 0.995. The first-order valence-corrected chi connectivity index (χ1v) is 3.94. The summed E-state index contributed by atoms with van der Waals surface area (Å²) in [6.45, 7) is 5.47. The van der Waals surface area contributed by atoms with Gasteiger partial charge >= 0.3 is 5.97 Å². The third-order valence-corrected chi connectivity index (χ3v) is 1.59. The lowest BCUT2D eigenvalue weighted by Gasteiger charge is -2.24. The smallest absolute Gasteiger partial charge is 0.305 e. The predicted octanol–water partition coefficient (Wildman–Crippen LogP) is 0.718. The Morgan fingerprint density at radius 3 is 2.17 bits per heavy atom. The maximum absolute atomic E-state index is 10.9. The molecule has 0 unspecified atom stereocenters. The molecule has 0 spiro atoms. The molecule has 0 aromatic heterocycles. The van der Waals surface area contributed by atoms with E-state index in [1.807, 2.05) is 13.8 Å². The summed E-state index contributed by atoms with van der Waals surface area (Å²) in [5.74, 6) is -0.951. The van der Waals surface area contributed by atoms with E-state index in [2.05, 4.69) is 0 Å². The molecule has 0 heterocycles. The molecule has 0 aromatic rings. The van der Waals surface area contributed by atoms with Gasteiger partial charge in [0.15, 0.2) is 0 Å². The first-order chi connectivity index (χ1) is 5.45. The van der Waals surface area contributed by atoms with Crippen LogP contribution in [0.25, 0.3) is 0 Å². The molecule has 4 nitrogen and oxygen atoms in total. The second-order valence-corrected chi connectivity index (χ2v) is 2.95. The minimum absolute atomic E-state index is 0.0117. The fourth-order valence-corrected chi connectivity index (χ4v) is 0.995. The number of nitrogens with zero attached hydrogens (tertiary/aromatic N) is 1. The number of carbonyl (C=O) groups is 2. The number of hydrogen-bond donors (Lipinski definition) is 1. The summed E-state index contributed by atoms with van der Waals surface area (Å²) in [6.07, 6.45) is 0.0117. The number of amides is 1. The van der Waals surface area contributed by atoms with Gasteiger partial charge in [-0.2, -0.15) is 0 Å². The summed E-state index contributed by atoms with van der Waals surface area (Å²) in [6, 6.07) is 0.0712. The summed E-state index contributed by atoms with van der Waals surface area (Å²) in [5, 5.41) is 8.39. The average Bonchev–Trinajstić information content (AvgIpc) is 1.84. The lowest BCUT2D eigenvalue weighted by Crippen LogP contribution is -2.36. The van der Waals surface area contributed by atoms with Gasteiger partial charge in [0.2, 0.25) is 5.91 Å². The molecule has 0 aromatic carbocycles. The van der Waals surface area contributed by atoms with E-state index in [1.165, 1.54) is 11.8 Å². The highest BCUT2D eigenvalue weighted by atomic mass is 16.4. The first-order valence-electron chi connectivity index (χ1n) is 3.94. The van der Waals surface area contributed by atoms with Crippen molar-refractivity contribution in [2.75, 3.05) is 6.54 Å². The molecular formula is C8H15NO3. The van der Waals surface area contributed by atoms with Crippen LogP contribution in [0.15, 0.2) is 0 Å². The highest BCUT2D eigenvalue weighted by molar-refractivity contribution is 5.74. The van der Waals surface area contributed by atoms with Gasteiger partial charge in [-0.05, 0) is 13.8 Å². The Labute approximate surface area is 72.2 Å². The minimum atomic E-state index is -0.873. The van der Waals surface area contributed by atoms with Crippen molar-refractivity contribution >= 4 is 11.9 Å². The molecule has 1 N–H and O–H groups in total. The maximum Gasteiger partial charge on any atom is 0.305 e. The molecule has 70 valence electrons. The quantitative estimate of drug-likeness (QED) is 0.681. The van der Waals surface area contributed by atoms with Gasteiger partial charge in [-0.25, -0.2) is 0 Å². The third kappa shape index (κ3) is 3.95. The van der Waals surface area contributed by atoms with Crippen molar-refractivity contribution in [2.24, 2.45) is 0 Å². The Hall–Kier alpha value is -1.06. The van der Waals surface area contributed by atoms with E-state index in [-0.39, 0.29) is 18.4 Å². The van der Waals surface area contributed by atoms with Crippen molar-refractivity contribution in [3.63, 3.8) is 0 Å². The second kappa shape index (κ2) is 4.74. The zero-order chi connectivity index (χ0) is 9.72. The van der Waals surface area contributed by atoms with E-state index < -0.39 is 5.97 Å². The molecule has 1 amide bonds. The van der Waals surface area contributed by atoms with Crippen LogP contribution in [0.3, 0.4) is 0 Å². The molecule has 0 saturated carbocycles. The number of carboxylic acids is 1. The van der Waals surface area contributed by atoms with E-state index in [4.69, 9.17) is 5.11 Å². The number of aliphatic carboxylic acids is 1. The lowest BCUT2D eigenvalue weighted by atomic mass is 10.3. The minimum Gasteiger partial charge on any atom is -0.481 e. The monoisotopic (exact) mass is 173 g/mol. The Morgan fingerprint density at radius 2 is 1.92 bits per heavy atom. The van der Waals surface area contributed by atoms with Crippen molar-refractivity contribution in [2.45, 2.75) is 33.2 Å². The van der Waals surface area contributed by atoms with Gasteiger partial charge in [0.25, 0.3) is 0 Å². The van der Waals surface area contributed by atoms with Gasteiger partial charge in [0.05, 0.1) is 6.42 Å². The zero-order valence-electron chi connectivity index (χ0n) is 7.70. The topological polar surface area (TPSA) is 57.6 Å². The van der Waals surface area contributed by atoms with E-state index in [0.717, 1.165) is 0 Å². The largest absolute Gasteiger partial charge is 0.481 e. The second-order valence-electron chi connectivity index (χ2n) is 2.95. The van der Waals surface area contributed by atoms with Crippen LogP contribution in [-0.2, 0) is 9.59 Å². The maximum atomic E-state index is 10.9. The summed E-state index contributed by atoms with van der Waals surface area (Å²) < 4.78 is 0. The molecule has 0 aliphatic rings. The van der Waals surface area contributed by atoms with Gasteiger partial charge in [-0.1, -0.05) is 0 Å². The number of hydrogen-bond acceptors (Lipinski definition) is 2. The summed E-state index contributed by atoms with van der Waals surface area (Å²) >= 11 is 0. The van der Waals surface area contributed by atoms with Crippen molar-refractivity contribution < 1.29 is 14.7 Å². The zero-order valence-corrected chi connectivity index (χ0v) is 7.70. The molecule has 12 heavy (non-hydrogen) atoms. The fraction of sp³-hybridized carbons (Fsp3) is 0.750. The van der Waals surface area contributed by atoms with Gasteiger partial charge in [0, 0.05) is 19.5 Å². The average molecular weight is 173 g/mol. The molecule has 0 fully saturated rings. The van der Waals surface area contributed by atoms with Crippen LogP contribution in [-0.4, -0.2) is 34.5 Å². The molecule has 0 radical (unpaired) electrons. The normalized spacial score (nSPS) is 10.0. The Morgan fingerprint density at radius 1 is 1.42 bits per heavy atom. The predicted molar refractivity (Wildman–Crippen MR) is 44.8 cm³/mol. The van der Waals surface area contributed by atoms with E-state index >= 15 is 0 Å². The van der Waals surface area contributed by atoms with Crippen molar-refractivity contribution in [1.82, 2.24) is 4.90 Å². The molecule has 0 bridgehead atoms. The van der Waals surface area contributed by atoms with Gasteiger partial charge in [-0.15, -0.1) is 0 Å². The first kappa shape index (κ1) is 10.9. The van der Waals surface area contributed by atoms with E-state index in [1.54, 1.807) is 0 Å². The van der Waals surface area contributed by atoms with Crippen molar-refractivity contribution in [3.05, 3.63) is 0 Å². The highest BCUT2D eigenvalue weighted by Crippen LogP contribution is 1.99. The van der Waals surface area contributed by atoms with Crippen LogP contribution in [0.2, 0.25) is 0 Å². The standard InChI is InChI=1S/C8H15NO3/c1-6(2)9(7(3)10)5-4-8(11)12/h6H,4-5H2,1-3H3,(H,11,12). The highest BCUT2D eigenvalue weighted by Gasteiger charge is 2.13. The van der Waals surface area contributed by atoms with Crippen molar-refractivity contribution in [1.29, 1.82) is 0 Å². The third-order valence-electron chi connectivity index (χ3n) is 1.59. The van der Waals surface area contributed by atoms with Crippen molar-refractivity contribution in [3.8, 4) is 0 Å². The molecule has 0 atom stereocenters. The number of carboxylic acid groups (broad SMARTS) is 1. The lowest BCUT2D eigenvalue weighted by molar-refractivity contribution is -0.138. The van der Waals surface area contributed by atoms with Gasteiger partial charge < -0.3 is 10.0 Å². The molecule has 0 saturated heterocycles.